The largest absolute Gasteiger partial charge is 0.426 e. The molecule has 4 heteroatoms. The Balaban J connectivity index is 3.01. The zero-order chi connectivity index (χ0) is 8.27. The molecule has 1 rings (SSSR count). The number of nitrogens with two attached hydrogens (primary N) is 1. The van der Waals surface area contributed by atoms with Crippen molar-refractivity contribution in [2.75, 3.05) is 5.73 Å². The van der Waals surface area contributed by atoms with Gasteiger partial charge in [-0.05, 0) is 12.1 Å². The van der Waals surface area contributed by atoms with Crippen molar-refractivity contribution in [2.24, 2.45) is 0 Å². The summed E-state index contributed by atoms with van der Waals surface area (Å²) in [5, 5.41) is 0. The highest BCUT2D eigenvalue weighted by molar-refractivity contribution is 5.57. The van der Waals surface area contributed by atoms with Crippen molar-refractivity contribution in [1.82, 2.24) is 0 Å². The van der Waals surface area contributed by atoms with Gasteiger partial charge in [0.25, 0.3) is 6.47 Å². The third-order valence-electron chi connectivity index (χ3n) is 1.15. The lowest BCUT2D eigenvalue weighted by Gasteiger charge is -2.00. The van der Waals surface area contributed by atoms with Crippen molar-refractivity contribution in [3.05, 3.63) is 24.0 Å². The fourth-order valence-electron chi connectivity index (χ4n) is 0.662. The van der Waals surface area contributed by atoms with Gasteiger partial charge in [0.15, 0.2) is 5.75 Å². The van der Waals surface area contributed by atoms with Gasteiger partial charge in [-0.3, -0.25) is 4.79 Å². The second-order valence-electron chi connectivity index (χ2n) is 1.90. The molecule has 0 aromatic heterocycles. The lowest BCUT2D eigenvalue weighted by Crippen LogP contribution is -1.95. The summed E-state index contributed by atoms with van der Waals surface area (Å²) in [5.41, 5.74) is 5.56. The van der Waals surface area contributed by atoms with E-state index >= 15 is 0 Å². The summed E-state index contributed by atoms with van der Waals surface area (Å²) >= 11 is 0. The van der Waals surface area contributed by atoms with Crippen LogP contribution in [0.2, 0.25) is 0 Å². The van der Waals surface area contributed by atoms with Crippen LogP contribution >= 0.6 is 0 Å². The van der Waals surface area contributed by atoms with Crippen LogP contribution in [0.15, 0.2) is 18.2 Å². The minimum atomic E-state index is -0.490. The van der Waals surface area contributed by atoms with E-state index in [1.54, 1.807) is 0 Å². The first kappa shape index (κ1) is 7.53. The minimum Gasteiger partial charge on any atom is -0.426 e. The van der Waals surface area contributed by atoms with Gasteiger partial charge in [0.05, 0.1) is 5.69 Å². The maximum absolute atomic E-state index is 12.4. The van der Waals surface area contributed by atoms with E-state index in [0.717, 1.165) is 6.07 Å². The van der Waals surface area contributed by atoms with Crippen molar-refractivity contribution in [1.29, 1.82) is 0 Å². The van der Waals surface area contributed by atoms with Gasteiger partial charge in [-0.15, -0.1) is 0 Å². The van der Waals surface area contributed by atoms with Crippen molar-refractivity contribution in [2.45, 2.75) is 0 Å². The third-order valence-corrected chi connectivity index (χ3v) is 1.15. The molecule has 0 bridgehead atoms. The van der Waals surface area contributed by atoms with E-state index in [2.05, 4.69) is 4.74 Å². The molecule has 0 amide bonds. The molecule has 1 aromatic rings. The van der Waals surface area contributed by atoms with Crippen LogP contribution in [-0.2, 0) is 4.79 Å². The van der Waals surface area contributed by atoms with Crippen molar-refractivity contribution in [3.8, 4) is 5.75 Å². The molecule has 58 valence electrons. The minimum absolute atomic E-state index is 0.0417. The molecule has 11 heavy (non-hydrogen) atoms. The molecular weight excluding hydrogens is 149 g/mol. The molecule has 0 aliphatic rings. The van der Waals surface area contributed by atoms with Gasteiger partial charge < -0.3 is 10.5 Å². The number of rotatable bonds is 2. The number of halogens is 1. The Morgan fingerprint density at radius 2 is 2.27 bits per heavy atom. The number of nitrogen functional groups attached to an aromatic ring is 1. The summed E-state index contributed by atoms with van der Waals surface area (Å²) in [7, 11) is 0. The molecular formula is C7H6FNO2. The predicted octanol–water partition coefficient (Wildman–Crippen LogP) is 0.943. The molecule has 0 atom stereocenters. The lowest BCUT2D eigenvalue weighted by atomic mass is 10.3. The molecule has 0 heterocycles. The first-order chi connectivity index (χ1) is 5.24. The topological polar surface area (TPSA) is 52.3 Å². The van der Waals surface area contributed by atoms with Crippen molar-refractivity contribution >= 4 is 12.2 Å². The van der Waals surface area contributed by atoms with Gasteiger partial charge >= 0.3 is 0 Å². The standard InChI is InChI=1S/C7H6FNO2/c8-5-1-2-6(9)7(3-5)11-4-10/h1-4H,9H2. The van der Waals surface area contributed by atoms with Gasteiger partial charge in [0, 0.05) is 6.07 Å². The summed E-state index contributed by atoms with van der Waals surface area (Å²) < 4.78 is 16.8. The van der Waals surface area contributed by atoms with Crippen LogP contribution in [0.25, 0.3) is 0 Å². The quantitative estimate of drug-likeness (QED) is 0.510. The number of anilines is 1. The Labute approximate surface area is 62.6 Å². The number of benzene rings is 1. The maximum Gasteiger partial charge on any atom is 0.298 e. The molecule has 0 fully saturated rings. The Hall–Kier alpha value is -1.58. The molecule has 0 aliphatic carbocycles. The number of carbonyl (C=O) groups excluding carboxylic acids is 1. The number of carbonyl (C=O) groups is 1. The van der Waals surface area contributed by atoms with E-state index in [1.165, 1.54) is 12.1 Å². The highest BCUT2D eigenvalue weighted by atomic mass is 19.1. The average Bonchev–Trinajstić information content (AvgIpc) is 1.98. The highest BCUT2D eigenvalue weighted by Crippen LogP contribution is 2.20. The summed E-state index contributed by atoms with van der Waals surface area (Å²) in [4.78, 5) is 9.84. The normalized spacial score (nSPS) is 9.18. The van der Waals surface area contributed by atoms with Crippen molar-refractivity contribution in [3.63, 3.8) is 0 Å². The molecule has 3 nitrogen and oxygen atoms in total. The van der Waals surface area contributed by atoms with Crippen molar-refractivity contribution < 1.29 is 13.9 Å². The van der Waals surface area contributed by atoms with Crippen LogP contribution < -0.4 is 10.5 Å². The maximum atomic E-state index is 12.4. The second-order valence-corrected chi connectivity index (χ2v) is 1.90. The Morgan fingerprint density at radius 1 is 1.55 bits per heavy atom. The lowest BCUT2D eigenvalue weighted by molar-refractivity contribution is -0.120. The van der Waals surface area contributed by atoms with Crippen LogP contribution in [0, 0.1) is 5.82 Å². The third kappa shape index (κ3) is 1.67. The number of ether oxygens (including phenoxy) is 1. The highest BCUT2D eigenvalue weighted by Gasteiger charge is 2.00. The first-order valence-corrected chi connectivity index (χ1v) is 2.89. The zero-order valence-electron chi connectivity index (χ0n) is 5.58. The first-order valence-electron chi connectivity index (χ1n) is 2.89. The summed E-state index contributed by atoms with van der Waals surface area (Å²) in [6.07, 6.45) is 0. The van der Waals surface area contributed by atoms with Gasteiger partial charge in [-0.1, -0.05) is 0 Å². The molecule has 0 spiro atoms. The SMILES string of the molecule is Nc1ccc(F)cc1OC=O. The van der Waals surface area contributed by atoms with Crippen LogP contribution in [0.3, 0.4) is 0 Å². The molecule has 0 radical (unpaired) electrons. The zero-order valence-corrected chi connectivity index (χ0v) is 5.58. The smallest absolute Gasteiger partial charge is 0.298 e. The fraction of sp³-hybridized carbons (Fsp3) is 0. The Bertz CT molecular complexity index is 275. The van der Waals surface area contributed by atoms with E-state index in [-0.39, 0.29) is 17.9 Å². The number of hydrogen-bond acceptors (Lipinski definition) is 3. The van der Waals surface area contributed by atoms with Gasteiger partial charge in [0.2, 0.25) is 0 Å². The van der Waals surface area contributed by atoms with E-state index < -0.39 is 5.82 Å². The van der Waals surface area contributed by atoms with Crippen LogP contribution in [-0.4, -0.2) is 6.47 Å². The summed E-state index contributed by atoms with van der Waals surface area (Å²) in [6.45, 7) is 0.200. The molecule has 0 saturated heterocycles. The van der Waals surface area contributed by atoms with E-state index in [9.17, 15) is 9.18 Å². The van der Waals surface area contributed by atoms with E-state index in [1.807, 2.05) is 0 Å². The van der Waals surface area contributed by atoms with E-state index in [0.29, 0.717) is 0 Å². The summed E-state index contributed by atoms with van der Waals surface area (Å²) in [6, 6.07) is 3.56. The summed E-state index contributed by atoms with van der Waals surface area (Å²) in [5.74, 6) is -0.448. The molecule has 0 saturated carbocycles. The Morgan fingerprint density at radius 3 is 2.91 bits per heavy atom. The van der Waals surface area contributed by atoms with E-state index in [4.69, 9.17) is 5.73 Å². The molecule has 0 unspecified atom stereocenters. The molecule has 2 N–H and O–H groups in total. The van der Waals surface area contributed by atoms with Crippen LogP contribution in [0.1, 0.15) is 0 Å². The van der Waals surface area contributed by atoms with Crippen LogP contribution in [0.5, 0.6) is 5.75 Å². The average molecular weight is 155 g/mol. The molecule has 0 aliphatic heterocycles. The van der Waals surface area contributed by atoms with Crippen LogP contribution in [0.4, 0.5) is 10.1 Å². The number of hydrogen-bond donors (Lipinski definition) is 1. The second kappa shape index (κ2) is 3.01. The predicted molar refractivity (Wildman–Crippen MR) is 37.5 cm³/mol. The van der Waals surface area contributed by atoms with Gasteiger partial charge in [-0.2, -0.15) is 0 Å². The monoisotopic (exact) mass is 155 g/mol. The molecule has 1 aromatic carbocycles. The Kier molecular flexibility index (Phi) is 2.06. The fourth-order valence-corrected chi connectivity index (χ4v) is 0.662. The van der Waals surface area contributed by atoms with Gasteiger partial charge in [-0.25, -0.2) is 4.39 Å². The van der Waals surface area contributed by atoms with Gasteiger partial charge in [0.1, 0.15) is 5.82 Å².